The van der Waals surface area contributed by atoms with Gasteiger partial charge in [0.25, 0.3) is 0 Å². The summed E-state index contributed by atoms with van der Waals surface area (Å²) in [6, 6.07) is 0. The van der Waals surface area contributed by atoms with E-state index >= 15 is 0 Å². The van der Waals surface area contributed by atoms with Gasteiger partial charge in [-0.25, -0.2) is 0 Å². The molecule has 3 heteroatoms. The number of azo groups is 1. The molecule has 0 amide bonds. The summed E-state index contributed by atoms with van der Waals surface area (Å²) in [5, 5.41) is 17.5. The van der Waals surface area contributed by atoms with Crippen molar-refractivity contribution in [3.8, 4) is 0 Å². The highest BCUT2D eigenvalue weighted by Crippen LogP contribution is 2.26. The van der Waals surface area contributed by atoms with Gasteiger partial charge < -0.3 is 5.11 Å². The largest absolute Gasteiger partial charge is 0.512 e. The number of rotatable bonds is 8. The van der Waals surface area contributed by atoms with Crippen molar-refractivity contribution in [3.63, 3.8) is 0 Å². The molecule has 19 heavy (non-hydrogen) atoms. The van der Waals surface area contributed by atoms with Crippen LogP contribution in [0.1, 0.15) is 46.5 Å². The first-order chi connectivity index (χ1) is 9.06. The minimum absolute atomic E-state index is 0.339. The Kier molecular flexibility index (Phi) is 9.41. The number of aliphatic hydroxyl groups excluding tert-OH is 1. The molecular formula is C16H26N2O. The minimum Gasteiger partial charge on any atom is -0.512 e. The second-order valence-electron chi connectivity index (χ2n) is 4.38. The Morgan fingerprint density at radius 2 is 2.00 bits per heavy atom. The molecule has 0 bridgehead atoms. The van der Waals surface area contributed by atoms with Crippen molar-refractivity contribution >= 4 is 0 Å². The van der Waals surface area contributed by atoms with Crippen LogP contribution in [0.2, 0.25) is 0 Å². The zero-order valence-electron chi connectivity index (χ0n) is 12.6. The fourth-order valence-corrected chi connectivity index (χ4v) is 1.90. The summed E-state index contributed by atoms with van der Waals surface area (Å²) < 4.78 is 0. The van der Waals surface area contributed by atoms with Crippen molar-refractivity contribution < 1.29 is 5.11 Å². The van der Waals surface area contributed by atoms with E-state index in [2.05, 4.69) is 35.0 Å². The maximum Gasteiger partial charge on any atom is 0.0930 e. The van der Waals surface area contributed by atoms with Crippen molar-refractivity contribution in [2.45, 2.75) is 46.5 Å². The standard InChI is InChI=1S/C16H26N2O/c1-6-8-9-10-11-15(7-2)16(14(4)19)12-13(3)18-17-5/h6-8,19H,3,9-12H2,1-2,4-5H3/b8-6-,15-7-,16-14+,18-17-. The fourth-order valence-electron chi connectivity index (χ4n) is 1.90. The lowest BCUT2D eigenvalue weighted by Crippen LogP contribution is -1.96. The third kappa shape index (κ3) is 7.39. The molecule has 0 radical (unpaired) electrons. The maximum absolute atomic E-state index is 9.84. The monoisotopic (exact) mass is 262 g/mol. The summed E-state index contributed by atoms with van der Waals surface area (Å²) in [7, 11) is 1.62. The van der Waals surface area contributed by atoms with Gasteiger partial charge in [-0.15, -0.1) is 0 Å². The molecule has 0 aliphatic heterocycles. The lowest BCUT2D eigenvalue weighted by molar-refractivity contribution is 0.406. The van der Waals surface area contributed by atoms with Crippen LogP contribution in [0.15, 0.2) is 57.6 Å². The predicted molar refractivity (Wildman–Crippen MR) is 82.3 cm³/mol. The van der Waals surface area contributed by atoms with Gasteiger partial charge in [-0.2, -0.15) is 10.2 Å². The van der Waals surface area contributed by atoms with Crippen LogP contribution in [0, 0.1) is 0 Å². The lowest BCUT2D eigenvalue weighted by Gasteiger charge is -2.12. The van der Waals surface area contributed by atoms with Crippen LogP contribution in [0.5, 0.6) is 0 Å². The number of allylic oxidation sites excluding steroid dienone is 6. The molecule has 0 saturated heterocycles. The van der Waals surface area contributed by atoms with E-state index in [0.717, 1.165) is 30.4 Å². The molecular weight excluding hydrogens is 236 g/mol. The maximum atomic E-state index is 9.84. The third-order valence-electron chi connectivity index (χ3n) is 2.85. The highest BCUT2D eigenvalue weighted by molar-refractivity contribution is 5.35. The Labute approximate surface area is 117 Å². The smallest absolute Gasteiger partial charge is 0.0930 e. The molecule has 0 aromatic rings. The highest BCUT2D eigenvalue weighted by Gasteiger charge is 2.10. The van der Waals surface area contributed by atoms with Gasteiger partial charge in [-0.05, 0) is 51.2 Å². The Bertz CT molecular complexity index is 397. The molecule has 3 nitrogen and oxygen atoms in total. The highest BCUT2D eigenvalue weighted by atomic mass is 16.3. The van der Waals surface area contributed by atoms with Gasteiger partial charge >= 0.3 is 0 Å². The van der Waals surface area contributed by atoms with E-state index in [4.69, 9.17) is 0 Å². The number of hydrogen-bond acceptors (Lipinski definition) is 3. The van der Waals surface area contributed by atoms with Crippen LogP contribution in [0.4, 0.5) is 0 Å². The SMILES string of the molecule is C=C(CC(/C(=C\C)CCC/C=C\C)=C(/C)O)/N=N\C. The number of aliphatic hydroxyl groups is 1. The molecule has 1 N–H and O–H groups in total. The van der Waals surface area contributed by atoms with Crippen molar-refractivity contribution in [2.24, 2.45) is 10.2 Å². The van der Waals surface area contributed by atoms with Gasteiger partial charge in [0.15, 0.2) is 0 Å². The van der Waals surface area contributed by atoms with E-state index in [0.29, 0.717) is 17.9 Å². The average Bonchev–Trinajstić information content (AvgIpc) is 2.37. The predicted octanol–water partition coefficient (Wildman–Crippen LogP) is 5.50. The van der Waals surface area contributed by atoms with E-state index in [-0.39, 0.29) is 0 Å². The quantitative estimate of drug-likeness (QED) is 0.203. The second-order valence-corrected chi connectivity index (χ2v) is 4.38. The topological polar surface area (TPSA) is 45.0 Å². The van der Waals surface area contributed by atoms with Crippen LogP contribution in [0.3, 0.4) is 0 Å². The molecule has 0 aromatic carbocycles. The van der Waals surface area contributed by atoms with Crippen LogP contribution >= 0.6 is 0 Å². The summed E-state index contributed by atoms with van der Waals surface area (Å²) >= 11 is 0. The number of hydrogen-bond donors (Lipinski definition) is 1. The van der Waals surface area contributed by atoms with Gasteiger partial charge in [0.1, 0.15) is 0 Å². The Balaban J connectivity index is 4.77. The fraction of sp³-hybridized carbons (Fsp3) is 0.500. The summed E-state index contributed by atoms with van der Waals surface area (Å²) in [6.45, 7) is 9.58. The molecule has 0 spiro atoms. The van der Waals surface area contributed by atoms with Crippen molar-refractivity contribution in [2.75, 3.05) is 7.05 Å². The first-order valence-corrected chi connectivity index (χ1v) is 6.69. The zero-order valence-corrected chi connectivity index (χ0v) is 12.6. The van der Waals surface area contributed by atoms with E-state index < -0.39 is 0 Å². The molecule has 106 valence electrons. The third-order valence-corrected chi connectivity index (χ3v) is 2.85. The van der Waals surface area contributed by atoms with Crippen LogP contribution in [-0.2, 0) is 0 Å². The molecule has 0 fully saturated rings. The van der Waals surface area contributed by atoms with E-state index in [1.54, 1.807) is 14.0 Å². The van der Waals surface area contributed by atoms with Gasteiger partial charge in [0, 0.05) is 13.5 Å². The van der Waals surface area contributed by atoms with Crippen molar-refractivity contribution in [3.05, 3.63) is 47.4 Å². The van der Waals surface area contributed by atoms with Crippen molar-refractivity contribution in [1.29, 1.82) is 0 Å². The number of nitrogens with zero attached hydrogens (tertiary/aromatic N) is 2. The molecule has 0 rings (SSSR count). The van der Waals surface area contributed by atoms with Crippen LogP contribution in [-0.4, -0.2) is 12.2 Å². The normalized spacial score (nSPS) is 14.2. The molecule has 0 saturated carbocycles. The Morgan fingerprint density at radius 1 is 1.32 bits per heavy atom. The molecule has 0 aliphatic carbocycles. The summed E-state index contributed by atoms with van der Waals surface area (Å²) in [6.07, 6.45) is 9.90. The molecule has 0 atom stereocenters. The molecule has 0 aromatic heterocycles. The van der Waals surface area contributed by atoms with Gasteiger partial charge in [-0.1, -0.05) is 24.8 Å². The lowest BCUT2D eigenvalue weighted by atomic mass is 9.95. The van der Waals surface area contributed by atoms with E-state index in [9.17, 15) is 5.11 Å². The summed E-state index contributed by atoms with van der Waals surface area (Å²) in [5.41, 5.74) is 2.75. The van der Waals surface area contributed by atoms with Gasteiger partial charge in [0.2, 0.25) is 0 Å². The van der Waals surface area contributed by atoms with Gasteiger partial charge in [0.05, 0.1) is 11.5 Å². The van der Waals surface area contributed by atoms with Crippen LogP contribution < -0.4 is 0 Å². The first kappa shape index (κ1) is 17.4. The first-order valence-electron chi connectivity index (χ1n) is 6.69. The van der Waals surface area contributed by atoms with E-state index in [1.165, 1.54) is 0 Å². The molecule has 0 heterocycles. The average molecular weight is 262 g/mol. The number of unbranched alkanes of at least 4 members (excludes halogenated alkanes) is 1. The second kappa shape index (κ2) is 10.3. The van der Waals surface area contributed by atoms with Gasteiger partial charge in [-0.3, -0.25) is 0 Å². The van der Waals surface area contributed by atoms with Crippen molar-refractivity contribution in [1.82, 2.24) is 0 Å². The minimum atomic E-state index is 0.339. The van der Waals surface area contributed by atoms with Crippen LogP contribution in [0.25, 0.3) is 0 Å². The molecule has 0 unspecified atom stereocenters. The Morgan fingerprint density at radius 3 is 2.47 bits per heavy atom. The molecule has 0 aliphatic rings. The zero-order chi connectivity index (χ0) is 14.7. The Hall–Kier alpha value is -1.64. The summed E-state index contributed by atoms with van der Waals surface area (Å²) in [4.78, 5) is 0. The summed E-state index contributed by atoms with van der Waals surface area (Å²) in [5.74, 6) is 0.339. The van der Waals surface area contributed by atoms with E-state index in [1.807, 2.05) is 13.8 Å².